The molecule has 1 heterocycles. The molecule has 0 aliphatic carbocycles. The third kappa shape index (κ3) is 2.23. The molecule has 0 aliphatic heterocycles. The molecule has 0 amide bonds. The van der Waals surface area contributed by atoms with Crippen LogP contribution in [0.4, 0.5) is 5.82 Å². The van der Waals surface area contributed by atoms with E-state index in [1.165, 1.54) is 0 Å². The standard InChI is InChI=1S/C8H10N2O2/c9-8-6(2-1-5-10-8)3-4-7(11)12/h1-2,5H,3-4H2,(H2,9,10)(H,11,12). The number of aliphatic carboxylic acids is 1. The van der Waals surface area contributed by atoms with Crippen molar-refractivity contribution in [2.45, 2.75) is 12.8 Å². The first-order chi connectivity index (χ1) is 5.70. The van der Waals surface area contributed by atoms with Crippen LogP contribution in [0.25, 0.3) is 0 Å². The van der Waals surface area contributed by atoms with Crippen molar-refractivity contribution in [1.29, 1.82) is 0 Å². The Morgan fingerprint density at radius 2 is 2.42 bits per heavy atom. The quantitative estimate of drug-likeness (QED) is 0.692. The maximum Gasteiger partial charge on any atom is 0.303 e. The second kappa shape index (κ2) is 3.71. The fraction of sp³-hybridized carbons (Fsp3) is 0.250. The number of nitrogen functional groups attached to an aromatic ring is 1. The number of nitrogens with two attached hydrogens (primary N) is 1. The molecule has 0 saturated carbocycles. The van der Waals surface area contributed by atoms with Gasteiger partial charge in [0.2, 0.25) is 0 Å². The predicted octanol–water partition coefficient (Wildman–Crippen LogP) is 0.681. The first-order valence-corrected chi connectivity index (χ1v) is 3.61. The lowest BCUT2D eigenvalue weighted by Crippen LogP contribution is -2.01. The maximum atomic E-state index is 10.2. The minimum absolute atomic E-state index is 0.0931. The fourth-order valence-electron chi connectivity index (χ4n) is 0.904. The Kier molecular flexibility index (Phi) is 2.63. The van der Waals surface area contributed by atoms with Crippen molar-refractivity contribution in [3.63, 3.8) is 0 Å². The third-order valence-corrected chi connectivity index (χ3v) is 1.53. The molecule has 0 unspecified atom stereocenters. The molecule has 0 bridgehead atoms. The zero-order chi connectivity index (χ0) is 8.97. The summed E-state index contributed by atoms with van der Waals surface area (Å²) in [5.41, 5.74) is 6.29. The van der Waals surface area contributed by atoms with Crippen LogP contribution in [0.15, 0.2) is 18.3 Å². The van der Waals surface area contributed by atoms with Gasteiger partial charge in [0.05, 0.1) is 0 Å². The minimum atomic E-state index is -0.821. The summed E-state index contributed by atoms with van der Waals surface area (Å²) >= 11 is 0. The highest BCUT2D eigenvalue weighted by Gasteiger charge is 2.01. The molecule has 1 aromatic heterocycles. The van der Waals surface area contributed by atoms with E-state index in [4.69, 9.17) is 10.8 Å². The molecule has 4 heteroatoms. The molecule has 0 spiro atoms. The van der Waals surface area contributed by atoms with Crippen molar-refractivity contribution >= 4 is 11.8 Å². The van der Waals surface area contributed by atoms with Gasteiger partial charge in [-0.2, -0.15) is 0 Å². The number of carboxylic acids is 1. The van der Waals surface area contributed by atoms with Crippen LogP contribution < -0.4 is 5.73 Å². The predicted molar refractivity (Wildman–Crippen MR) is 44.6 cm³/mol. The van der Waals surface area contributed by atoms with E-state index < -0.39 is 5.97 Å². The van der Waals surface area contributed by atoms with E-state index in [2.05, 4.69) is 4.98 Å². The molecule has 0 fully saturated rings. The van der Waals surface area contributed by atoms with Crippen molar-refractivity contribution in [1.82, 2.24) is 4.98 Å². The van der Waals surface area contributed by atoms with E-state index >= 15 is 0 Å². The zero-order valence-electron chi connectivity index (χ0n) is 6.53. The molecule has 1 rings (SSSR count). The number of aryl methyl sites for hydroxylation is 1. The SMILES string of the molecule is Nc1ncccc1CCC(=O)O. The smallest absolute Gasteiger partial charge is 0.303 e. The summed E-state index contributed by atoms with van der Waals surface area (Å²) in [7, 11) is 0. The van der Waals surface area contributed by atoms with Crippen molar-refractivity contribution in [3.8, 4) is 0 Å². The number of carbonyl (C=O) groups is 1. The van der Waals surface area contributed by atoms with Crippen LogP contribution in [-0.2, 0) is 11.2 Å². The lowest BCUT2D eigenvalue weighted by atomic mass is 10.1. The molecule has 64 valence electrons. The van der Waals surface area contributed by atoms with Crippen LogP contribution in [0.5, 0.6) is 0 Å². The largest absolute Gasteiger partial charge is 0.481 e. The van der Waals surface area contributed by atoms with E-state index in [-0.39, 0.29) is 6.42 Å². The van der Waals surface area contributed by atoms with Crippen LogP contribution in [0, 0.1) is 0 Å². The van der Waals surface area contributed by atoms with Crippen LogP contribution in [0.3, 0.4) is 0 Å². The minimum Gasteiger partial charge on any atom is -0.481 e. The number of rotatable bonds is 3. The van der Waals surface area contributed by atoms with Crippen LogP contribution in [0.1, 0.15) is 12.0 Å². The monoisotopic (exact) mass is 166 g/mol. The first-order valence-electron chi connectivity index (χ1n) is 3.61. The van der Waals surface area contributed by atoms with Crippen LogP contribution in [0.2, 0.25) is 0 Å². The Labute approximate surface area is 70.0 Å². The number of carboxylic acid groups (broad SMARTS) is 1. The molecule has 0 aliphatic rings. The second-order valence-corrected chi connectivity index (χ2v) is 2.44. The van der Waals surface area contributed by atoms with E-state index in [1.807, 2.05) is 0 Å². The van der Waals surface area contributed by atoms with Gasteiger partial charge in [-0.25, -0.2) is 4.98 Å². The summed E-state index contributed by atoms with van der Waals surface area (Å²) in [6, 6.07) is 3.53. The van der Waals surface area contributed by atoms with Gasteiger partial charge < -0.3 is 10.8 Å². The van der Waals surface area contributed by atoms with Crippen molar-refractivity contribution in [2.75, 3.05) is 5.73 Å². The van der Waals surface area contributed by atoms with Gasteiger partial charge in [-0.3, -0.25) is 4.79 Å². The van der Waals surface area contributed by atoms with Gasteiger partial charge in [-0.1, -0.05) is 6.07 Å². The molecule has 0 atom stereocenters. The molecule has 12 heavy (non-hydrogen) atoms. The topological polar surface area (TPSA) is 76.2 Å². The summed E-state index contributed by atoms with van der Waals surface area (Å²) in [6.07, 6.45) is 2.12. The van der Waals surface area contributed by atoms with Crippen molar-refractivity contribution in [2.24, 2.45) is 0 Å². The van der Waals surface area contributed by atoms with Gasteiger partial charge >= 0.3 is 5.97 Å². The molecule has 0 saturated heterocycles. The van der Waals surface area contributed by atoms with E-state index in [0.29, 0.717) is 12.2 Å². The van der Waals surface area contributed by atoms with Gasteiger partial charge in [0.25, 0.3) is 0 Å². The van der Waals surface area contributed by atoms with Gasteiger partial charge in [-0.15, -0.1) is 0 Å². The molecular weight excluding hydrogens is 156 g/mol. The number of aromatic nitrogens is 1. The lowest BCUT2D eigenvalue weighted by Gasteiger charge is -2.00. The number of nitrogens with zero attached hydrogens (tertiary/aromatic N) is 1. The first kappa shape index (κ1) is 8.52. The number of anilines is 1. The second-order valence-electron chi connectivity index (χ2n) is 2.44. The molecular formula is C8H10N2O2. The Balaban J connectivity index is 2.63. The average molecular weight is 166 g/mol. The van der Waals surface area contributed by atoms with E-state index in [9.17, 15) is 4.79 Å². The van der Waals surface area contributed by atoms with Crippen molar-refractivity contribution < 1.29 is 9.90 Å². The highest BCUT2D eigenvalue weighted by Crippen LogP contribution is 2.08. The lowest BCUT2D eigenvalue weighted by molar-refractivity contribution is -0.136. The molecule has 3 N–H and O–H groups in total. The van der Waals surface area contributed by atoms with Gasteiger partial charge in [0, 0.05) is 12.6 Å². The third-order valence-electron chi connectivity index (χ3n) is 1.53. The number of hydrogen-bond donors (Lipinski definition) is 2. The Bertz CT molecular complexity index is 286. The van der Waals surface area contributed by atoms with Gasteiger partial charge in [0.1, 0.15) is 5.82 Å². The van der Waals surface area contributed by atoms with E-state index in [1.54, 1.807) is 18.3 Å². The van der Waals surface area contributed by atoms with Gasteiger partial charge in [-0.05, 0) is 18.1 Å². The average Bonchev–Trinajstić information content (AvgIpc) is 2.03. The summed E-state index contributed by atoms with van der Waals surface area (Å²) in [4.78, 5) is 14.1. The highest BCUT2D eigenvalue weighted by atomic mass is 16.4. The highest BCUT2D eigenvalue weighted by molar-refractivity contribution is 5.67. The summed E-state index contributed by atoms with van der Waals surface area (Å²) < 4.78 is 0. The Hall–Kier alpha value is -1.58. The van der Waals surface area contributed by atoms with Crippen LogP contribution >= 0.6 is 0 Å². The fourth-order valence-corrected chi connectivity index (χ4v) is 0.904. The summed E-state index contributed by atoms with van der Waals surface area (Å²) in [5.74, 6) is -0.406. The molecule has 4 nitrogen and oxygen atoms in total. The van der Waals surface area contributed by atoms with E-state index in [0.717, 1.165) is 5.56 Å². The molecule has 1 aromatic rings. The molecule has 0 aromatic carbocycles. The van der Waals surface area contributed by atoms with Crippen molar-refractivity contribution in [3.05, 3.63) is 23.9 Å². The number of hydrogen-bond acceptors (Lipinski definition) is 3. The molecule has 0 radical (unpaired) electrons. The Morgan fingerprint density at radius 1 is 1.67 bits per heavy atom. The normalized spacial score (nSPS) is 9.67. The summed E-state index contributed by atoms with van der Waals surface area (Å²) in [6.45, 7) is 0. The zero-order valence-corrected chi connectivity index (χ0v) is 6.53. The van der Waals surface area contributed by atoms with Crippen LogP contribution in [-0.4, -0.2) is 16.1 Å². The maximum absolute atomic E-state index is 10.2. The number of pyridine rings is 1. The summed E-state index contributed by atoms with van der Waals surface area (Å²) in [5, 5.41) is 8.40. The van der Waals surface area contributed by atoms with Gasteiger partial charge in [0.15, 0.2) is 0 Å². The Morgan fingerprint density at radius 3 is 3.00 bits per heavy atom.